The lowest BCUT2D eigenvalue weighted by molar-refractivity contribution is -0.385. The largest absolute Gasteiger partial charge is 0.347 e. The summed E-state index contributed by atoms with van der Waals surface area (Å²) in [7, 11) is 0. The van der Waals surface area contributed by atoms with Gasteiger partial charge in [-0.05, 0) is 22.9 Å². The van der Waals surface area contributed by atoms with Crippen molar-refractivity contribution in [1.29, 1.82) is 0 Å². The number of nitrogens with zero attached hydrogens (tertiary/aromatic N) is 2. The van der Waals surface area contributed by atoms with Crippen LogP contribution in [0.4, 0.5) is 5.69 Å². The van der Waals surface area contributed by atoms with Crippen LogP contribution in [0.15, 0.2) is 39.5 Å². The standard InChI is InChI=1S/C12H8N2O3S2/c15-14(16)11-9(7-8-3-1-5-18-8)13-17-12(11)10-4-2-6-19-10/h1-6H,7H2. The van der Waals surface area contributed by atoms with Crippen molar-refractivity contribution < 1.29 is 9.45 Å². The van der Waals surface area contributed by atoms with Gasteiger partial charge in [0, 0.05) is 11.3 Å². The first-order chi connectivity index (χ1) is 9.25. The smallest absolute Gasteiger partial charge is 0.340 e. The van der Waals surface area contributed by atoms with Gasteiger partial charge in [-0.3, -0.25) is 10.1 Å². The van der Waals surface area contributed by atoms with Crippen LogP contribution >= 0.6 is 22.7 Å². The van der Waals surface area contributed by atoms with Crippen molar-refractivity contribution in [2.45, 2.75) is 6.42 Å². The normalized spacial score (nSPS) is 10.7. The summed E-state index contributed by atoms with van der Waals surface area (Å²) in [5, 5.41) is 18.9. The molecule has 0 saturated carbocycles. The van der Waals surface area contributed by atoms with Gasteiger partial charge in [-0.25, -0.2) is 0 Å². The SMILES string of the molecule is O=[N+]([O-])c1c(Cc2cccs2)noc1-c1cccs1. The van der Waals surface area contributed by atoms with Crippen LogP contribution in [0.3, 0.4) is 0 Å². The summed E-state index contributed by atoms with van der Waals surface area (Å²) >= 11 is 2.94. The zero-order chi connectivity index (χ0) is 13.2. The molecule has 3 heterocycles. The van der Waals surface area contributed by atoms with E-state index in [9.17, 15) is 10.1 Å². The lowest BCUT2D eigenvalue weighted by atomic mass is 10.2. The summed E-state index contributed by atoms with van der Waals surface area (Å²) in [6, 6.07) is 7.44. The van der Waals surface area contributed by atoms with E-state index >= 15 is 0 Å². The summed E-state index contributed by atoms with van der Waals surface area (Å²) in [5.74, 6) is 0.242. The lowest BCUT2D eigenvalue weighted by Crippen LogP contribution is -1.94. The van der Waals surface area contributed by atoms with Gasteiger partial charge in [-0.1, -0.05) is 17.3 Å². The lowest BCUT2D eigenvalue weighted by Gasteiger charge is -1.93. The summed E-state index contributed by atoms with van der Waals surface area (Å²) in [6.07, 6.45) is 0.419. The van der Waals surface area contributed by atoms with E-state index in [1.807, 2.05) is 29.0 Å². The number of rotatable bonds is 4. The number of hydrogen-bond donors (Lipinski definition) is 0. The summed E-state index contributed by atoms with van der Waals surface area (Å²) < 4.78 is 5.17. The molecule has 3 rings (SSSR count). The van der Waals surface area contributed by atoms with Crippen LogP contribution in [0.25, 0.3) is 10.6 Å². The van der Waals surface area contributed by atoms with Gasteiger partial charge >= 0.3 is 5.69 Å². The molecule has 3 aromatic rings. The van der Waals surface area contributed by atoms with Crippen molar-refractivity contribution in [3.8, 4) is 10.6 Å². The summed E-state index contributed by atoms with van der Waals surface area (Å²) in [5.41, 5.74) is 0.340. The fraction of sp³-hybridized carbons (Fsp3) is 0.0833. The topological polar surface area (TPSA) is 69.2 Å². The third-order valence-electron chi connectivity index (χ3n) is 2.58. The minimum absolute atomic E-state index is 0.0316. The van der Waals surface area contributed by atoms with Crippen molar-refractivity contribution >= 4 is 28.4 Å². The number of aromatic nitrogens is 1. The highest BCUT2D eigenvalue weighted by Gasteiger charge is 2.28. The molecule has 19 heavy (non-hydrogen) atoms. The monoisotopic (exact) mass is 292 g/mol. The number of nitro groups is 1. The van der Waals surface area contributed by atoms with Crippen LogP contribution in [0.1, 0.15) is 10.6 Å². The average molecular weight is 292 g/mol. The van der Waals surface area contributed by atoms with Crippen molar-refractivity contribution in [3.63, 3.8) is 0 Å². The molecule has 0 aliphatic carbocycles. The fourth-order valence-corrected chi connectivity index (χ4v) is 3.18. The molecule has 7 heteroatoms. The Bertz CT molecular complexity index is 687. The first kappa shape index (κ1) is 12.1. The van der Waals surface area contributed by atoms with Crippen LogP contribution < -0.4 is 0 Å². The second-order valence-electron chi connectivity index (χ2n) is 3.80. The third-order valence-corrected chi connectivity index (χ3v) is 4.33. The highest BCUT2D eigenvalue weighted by molar-refractivity contribution is 7.13. The zero-order valence-corrected chi connectivity index (χ0v) is 11.2. The van der Waals surface area contributed by atoms with Gasteiger partial charge < -0.3 is 4.52 Å². The first-order valence-corrected chi connectivity index (χ1v) is 7.21. The van der Waals surface area contributed by atoms with Gasteiger partial charge in [-0.2, -0.15) is 0 Å². The molecule has 96 valence electrons. The maximum Gasteiger partial charge on any atom is 0.340 e. The Morgan fingerprint density at radius 1 is 1.26 bits per heavy atom. The molecule has 0 atom stereocenters. The van der Waals surface area contributed by atoms with E-state index < -0.39 is 4.92 Å². The van der Waals surface area contributed by atoms with Crippen LogP contribution in [-0.2, 0) is 6.42 Å². The molecule has 0 saturated heterocycles. The van der Waals surface area contributed by atoms with E-state index in [2.05, 4.69) is 5.16 Å². The number of thiophene rings is 2. The van der Waals surface area contributed by atoms with Gasteiger partial charge in [0.15, 0.2) is 5.69 Å². The predicted octanol–water partition coefficient (Wildman–Crippen LogP) is 3.96. The van der Waals surface area contributed by atoms with Gasteiger partial charge in [0.25, 0.3) is 5.76 Å². The molecule has 0 aliphatic heterocycles. The predicted molar refractivity (Wildman–Crippen MR) is 73.6 cm³/mol. The van der Waals surface area contributed by atoms with Crippen molar-refractivity contribution in [1.82, 2.24) is 5.16 Å². The second-order valence-corrected chi connectivity index (χ2v) is 5.78. The van der Waals surface area contributed by atoms with Crippen molar-refractivity contribution in [2.24, 2.45) is 0 Å². The molecule has 0 unspecified atom stereocenters. The molecule has 0 amide bonds. The molecular weight excluding hydrogens is 284 g/mol. The van der Waals surface area contributed by atoms with Crippen molar-refractivity contribution in [3.05, 3.63) is 55.7 Å². The molecule has 0 N–H and O–H groups in total. The summed E-state index contributed by atoms with van der Waals surface area (Å²) in [4.78, 5) is 12.6. The van der Waals surface area contributed by atoms with E-state index in [0.717, 1.165) is 9.75 Å². The maximum absolute atomic E-state index is 11.2. The van der Waals surface area contributed by atoms with E-state index in [1.54, 1.807) is 17.4 Å². The van der Waals surface area contributed by atoms with Crippen LogP contribution in [0.2, 0.25) is 0 Å². The zero-order valence-electron chi connectivity index (χ0n) is 9.61. The van der Waals surface area contributed by atoms with Crippen molar-refractivity contribution in [2.75, 3.05) is 0 Å². The molecule has 0 fully saturated rings. The molecule has 0 aliphatic rings. The fourth-order valence-electron chi connectivity index (χ4n) is 1.77. The van der Waals surface area contributed by atoms with E-state index in [1.165, 1.54) is 11.3 Å². The Morgan fingerprint density at radius 3 is 2.68 bits per heavy atom. The second kappa shape index (κ2) is 4.94. The van der Waals surface area contributed by atoms with Crippen LogP contribution in [-0.4, -0.2) is 10.1 Å². The third kappa shape index (κ3) is 2.29. The molecule has 5 nitrogen and oxygen atoms in total. The van der Waals surface area contributed by atoms with Gasteiger partial charge in [0.05, 0.1) is 9.80 Å². The molecule has 0 aromatic carbocycles. The minimum atomic E-state index is -0.422. The number of hydrogen-bond acceptors (Lipinski definition) is 6. The maximum atomic E-state index is 11.2. The molecular formula is C12H8N2O3S2. The highest BCUT2D eigenvalue weighted by Crippen LogP contribution is 2.36. The molecule has 3 aromatic heterocycles. The summed E-state index contributed by atoms with van der Waals surface area (Å²) in [6.45, 7) is 0. The van der Waals surface area contributed by atoms with Gasteiger partial charge in [-0.15, -0.1) is 22.7 Å². The Hall–Kier alpha value is -1.99. The van der Waals surface area contributed by atoms with Crippen LogP contribution in [0, 0.1) is 10.1 Å². The Labute approximate surface area is 116 Å². The Balaban J connectivity index is 2.04. The van der Waals surface area contributed by atoms with Crippen LogP contribution in [0.5, 0.6) is 0 Å². The average Bonchev–Trinajstić information content (AvgIpc) is 3.09. The van der Waals surface area contributed by atoms with Gasteiger partial charge in [0.1, 0.15) is 0 Å². The molecule has 0 radical (unpaired) electrons. The van der Waals surface area contributed by atoms with E-state index in [0.29, 0.717) is 12.1 Å². The quantitative estimate of drug-likeness (QED) is 0.539. The first-order valence-electron chi connectivity index (χ1n) is 5.45. The van der Waals surface area contributed by atoms with E-state index in [4.69, 9.17) is 4.52 Å². The Morgan fingerprint density at radius 2 is 2.05 bits per heavy atom. The van der Waals surface area contributed by atoms with E-state index in [-0.39, 0.29) is 11.4 Å². The molecule has 0 spiro atoms. The van der Waals surface area contributed by atoms with Gasteiger partial charge in [0.2, 0.25) is 0 Å². The minimum Gasteiger partial charge on any atom is -0.347 e. The highest BCUT2D eigenvalue weighted by atomic mass is 32.1. The Kier molecular flexibility index (Phi) is 3.14. The molecule has 0 bridgehead atoms.